The van der Waals surface area contributed by atoms with Crippen molar-refractivity contribution in [1.29, 1.82) is 0 Å². The standard InChI is InChI=1S/C22H26N4O2/c1-16-9-11-18(12-10-16)21-26-19(15-28-21)13-24-22(23-2)25-14-20(27-3)17-7-5-4-6-8-17/h4-12,15,20H,13-14H2,1-3H3,(H2,23,24,25). The number of ether oxygens (including phenoxy) is 1. The van der Waals surface area contributed by atoms with Crippen LogP contribution in [0, 0.1) is 6.92 Å². The number of oxazole rings is 1. The second kappa shape index (κ2) is 9.71. The molecule has 0 fully saturated rings. The summed E-state index contributed by atoms with van der Waals surface area (Å²) in [7, 11) is 3.44. The van der Waals surface area contributed by atoms with Gasteiger partial charge >= 0.3 is 0 Å². The summed E-state index contributed by atoms with van der Waals surface area (Å²) in [6.07, 6.45) is 1.61. The Morgan fingerprint density at radius 2 is 1.86 bits per heavy atom. The SMILES string of the molecule is CN=C(NCc1coc(-c2ccc(C)cc2)n1)NCC(OC)c1ccccc1. The molecule has 0 amide bonds. The van der Waals surface area contributed by atoms with E-state index in [2.05, 4.69) is 27.5 Å². The molecule has 3 rings (SSSR count). The molecule has 0 saturated carbocycles. The number of benzene rings is 2. The maximum absolute atomic E-state index is 5.60. The van der Waals surface area contributed by atoms with E-state index in [-0.39, 0.29) is 6.10 Å². The third-order valence-electron chi connectivity index (χ3n) is 4.42. The van der Waals surface area contributed by atoms with Gasteiger partial charge in [0.25, 0.3) is 0 Å². The zero-order valence-electron chi connectivity index (χ0n) is 16.5. The first-order chi connectivity index (χ1) is 13.7. The van der Waals surface area contributed by atoms with E-state index in [4.69, 9.17) is 9.15 Å². The van der Waals surface area contributed by atoms with Gasteiger partial charge in [0.15, 0.2) is 5.96 Å². The first-order valence-corrected chi connectivity index (χ1v) is 9.23. The van der Waals surface area contributed by atoms with E-state index in [1.54, 1.807) is 20.4 Å². The van der Waals surface area contributed by atoms with Crippen LogP contribution < -0.4 is 10.6 Å². The molecule has 0 saturated heterocycles. The maximum Gasteiger partial charge on any atom is 0.226 e. The van der Waals surface area contributed by atoms with Crippen LogP contribution in [-0.4, -0.2) is 31.6 Å². The Morgan fingerprint density at radius 1 is 1.11 bits per heavy atom. The van der Waals surface area contributed by atoms with Crippen molar-refractivity contribution in [3.05, 3.63) is 77.7 Å². The molecule has 28 heavy (non-hydrogen) atoms. The van der Waals surface area contributed by atoms with Gasteiger partial charge in [-0.2, -0.15) is 0 Å². The lowest BCUT2D eigenvalue weighted by atomic mass is 10.1. The minimum absolute atomic E-state index is 0.0556. The Hall–Kier alpha value is -3.12. The minimum Gasteiger partial charge on any atom is -0.444 e. The van der Waals surface area contributed by atoms with Gasteiger partial charge in [0.05, 0.1) is 18.3 Å². The quantitative estimate of drug-likeness (QED) is 0.484. The van der Waals surface area contributed by atoms with Gasteiger partial charge in [0.1, 0.15) is 6.26 Å². The van der Waals surface area contributed by atoms with Crippen LogP contribution in [-0.2, 0) is 11.3 Å². The number of aromatic nitrogens is 1. The molecule has 0 radical (unpaired) electrons. The van der Waals surface area contributed by atoms with Crippen LogP contribution >= 0.6 is 0 Å². The number of methoxy groups -OCH3 is 1. The van der Waals surface area contributed by atoms with Crippen LogP contribution in [0.15, 0.2) is 70.3 Å². The molecule has 1 aromatic heterocycles. The van der Waals surface area contributed by atoms with Gasteiger partial charge in [0, 0.05) is 26.3 Å². The van der Waals surface area contributed by atoms with Crippen LogP contribution in [0.2, 0.25) is 0 Å². The average molecular weight is 378 g/mol. The molecule has 1 unspecified atom stereocenters. The van der Waals surface area contributed by atoms with E-state index >= 15 is 0 Å². The van der Waals surface area contributed by atoms with Crippen molar-refractivity contribution in [1.82, 2.24) is 15.6 Å². The Morgan fingerprint density at radius 3 is 2.54 bits per heavy atom. The third-order valence-corrected chi connectivity index (χ3v) is 4.42. The second-order valence-electron chi connectivity index (χ2n) is 6.45. The highest BCUT2D eigenvalue weighted by molar-refractivity contribution is 5.79. The third kappa shape index (κ3) is 5.20. The molecule has 3 aromatic rings. The normalized spacial score (nSPS) is 12.6. The molecule has 0 aliphatic heterocycles. The number of nitrogens with zero attached hydrogens (tertiary/aromatic N) is 2. The van der Waals surface area contributed by atoms with Crippen LogP contribution in [0.4, 0.5) is 0 Å². The van der Waals surface area contributed by atoms with E-state index in [0.29, 0.717) is 24.9 Å². The summed E-state index contributed by atoms with van der Waals surface area (Å²) in [6.45, 7) is 3.17. The zero-order valence-corrected chi connectivity index (χ0v) is 16.5. The predicted molar refractivity (Wildman–Crippen MR) is 111 cm³/mol. The van der Waals surface area contributed by atoms with Crippen LogP contribution in [0.1, 0.15) is 22.9 Å². The van der Waals surface area contributed by atoms with Gasteiger partial charge in [-0.15, -0.1) is 0 Å². The van der Waals surface area contributed by atoms with E-state index < -0.39 is 0 Å². The average Bonchev–Trinajstić information content (AvgIpc) is 3.21. The van der Waals surface area contributed by atoms with E-state index in [1.807, 2.05) is 54.6 Å². The first kappa shape index (κ1) is 19.6. The van der Waals surface area contributed by atoms with Gasteiger partial charge in [0.2, 0.25) is 5.89 Å². The molecule has 6 nitrogen and oxygen atoms in total. The highest BCUT2D eigenvalue weighted by Crippen LogP contribution is 2.19. The number of guanidine groups is 1. The number of nitrogens with one attached hydrogen (secondary N) is 2. The van der Waals surface area contributed by atoms with Crippen LogP contribution in [0.5, 0.6) is 0 Å². The van der Waals surface area contributed by atoms with Crippen molar-refractivity contribution in [3.63, 3.8) is 0 Å². The van der Waals surface area contributed by atoms with Crippen molar-refractivity contribution >= 4 is 5.96 Å². The monoisotopic (exact) mass is 378 g/mol. The summed E-state index contributed by atoms with van der Waals surface area (Å²) in [5, 5.41) is 6.54. The molecule has 0 spiro atoms. The molecule has 2 aromatic carbocycles. The predicted octanol–water partition coefficient (Wildman–Crippen LogP) is 3.70. The molecule has 6 heteroatoms. The highest BCUT2D eigenvalue weighted by Gasteiger charge is 2.11. The fraction of sp³-hybridized carbons (Fsp3) is 0.273. The van der Waals surface area contributed by atoms with Gasteiger partial charge in [-0.05, 0) is 24.6 Å². The van der Waals surface area contributed by atoms with Gasteiger partial charge in [-0.1, -0.05) is 48.0 Å². The van der Waals surface area contributed by atoms with Crippen LogP contribution in [0.25, 0.3) is 11.5 Å². The number of rotatable bonds is 7. The fourth-order valence-electron chi connectivity index (χ4n) is 2.81. The highest BCUT2D eigenvalue weighted by atomic mass is 16.5. The smallest absolute Gasteiger partial charge is 0.226 e. The lowest BCUT2D eigenvalue weighted by molar-refractivity contribution is 0.106. The molecule has 0 aliphatic carbocycles. The molecule has 146 valence electrons. The van der Waals surface area contributed by atoms with E-state index in [0.717, 1.165) is 16.8 Å². The molecule has 1 atom stereocenters. The van der Waals surface area contributed by atoms with Gasteiger partial charge < -0.3 is 19.8 Å². The maximum atomic E-state index is 5.60. The van der Waals surface area contributed by atoms with Gasteiger partial charge in [-0.25, -0.2) is 4.98 Å². The summed E-state index contributed by atoms with van der Waals surface area (Å²) >= 11 is 0. The molecule has 1 heterocycles. The van der Waals surface area contributed by atoms with Crippen molar-refractivity contribution in [2.75, 3.05) is 20.7 Å². The second-order valence-corrected chi connectivity index (χ2v) is 6.45. The summed E-state index contributed by atoms with van der Waals surface area (Å²) in [5.74, 6) is 1.29. The Bertz CT molecular complexity index is 888. The van der Waals surface area contributed by atoms with Crippen molar-refractivity contribution < 1.29 is 9.15 Å². The van der Waals surface area contributed by atoms with E-state index in [1.165, 1.54) is 5.56 Å². The van der Waals surface area contributed by atoms with Gasteiger partial charge in [-0.3, -0.25) is 4.99 Å². The number of aliphatic imine (C=N–C) groups is 1. The van der Waals surface area contributed by atoms with E-state index in [9.17, 15) is 0 Å². The molecule has 0 bridgehead atoms. The molecular weight excluding hydrogens is 352 g/mol. The van der Waals surface area contributed by atoms with Crippen molar-refractivity contribution in [2.45, 2.75) is 19.6 Å². The number of aryl methyl sites for hydroxylation is 1. The summed E-state index contributed by atoms with van der Waals surface area (Å²) in [5.41, 5.74) is 4.10. The summed E-state index contributed by atoms with van der Waals surface area (Å²) in [6, 6.07) is 18.2. The Kier molecular flexibility index (Phi) is 6.81. The largest absolute Gasteiger partial charge is 0.444 e. The summed E-state index contributed by atoms with van der Waals surface area (Å²) in [4.78, 5) is 8.80. The number of hydrogen-bond donors (Lipinski definition) is 2. The molecular formula is C22H26N4O2. The molecule has 0 aliphatic rings. The van der Waals surface area contributed by atoms with Crippen molar-refractivity contribution in [3.8, 4) is 11.5 Å². The Balaban J connectivity index is 1.53. The minimum atomic E-state index is -0.0556. The number of hydrogen-bond acceptors (Lipinski definition) is 4. The fourth-order valence-corrected chi connectivity index (χ4v) is 2.81. The zero-order chi connectivity index (χ0) is 19.8. The lowest BCUT2D eigenvalue weighted by Crippen LogP contribution is -2.39. The molecule has 2 N–H and O–H groups in total. The lowest BCUT2D eigenvalue weighted by Gasteiger charge is -2.18. The first-order valence-electron chi connectivity index (χ1n) is 9.23. The van der Waals surface area contributed by atoms with Crippen molar-refractivity contribution in [2.24, 2.45) is 4.99 Å². The van der Waals surface area contributed by atoms with Crippen LogP contribution in [0.3, 0.4) is 0 Å². The topological polar surface area (TPSA) is 71.7 Å². The summed E-state index contributed by atoms with van der Waals surface area (Å²) < 4.78 is 11.2. The Labute approximate surface area is 165 Å².